The predicted molar refractivity (Wildman–Crippen MR) is 103 cm³/mol. The summed E-state index contributed by atoms with van der Waals surface area (Å²) in [5.74, 6) is -0.325. The van der Waals surface area contributed by atoms with E-state index in [1.54, 1.807) is 13.0 Å². The van der Waals surface area contributed by atoms with Crippen molar-refractivity contribution in [2.45, 2.75) is 11.8 Å². The highest BCUT2D eigenvalue weighted by Gasteiger charge is 2.22. The van der Waals surface area contributed by atoms with E-state index in [1.165, 1.54) is 24.5 Å². The molecule has 0 aliphatic carbocycles. The first kappa shape index (κ1) is 19.6. The number of rotatable bonds is 6. The lowest BCUT2D eigenvalue weighted by molar-refractivity contribution is 0.318. The molecular formula is C18H19FN4O4S. The van der Waals surface area contributed by atoms with Gasteiger partial charge in [-0.25, -0.2) is 17.8 Å². The van der Waals surface area contributed by atoms with E-state index < -0.39 is 15.8 Å². The smallest absolute Gasteiger partial charge is 0.265 e. The highest BCUT2D eigenvalue weighted by Crippen LogP contribution is 2.29. The Labute approximate surface area is 162 Å². The quantitative estimate of drug-likeness (QED) is 0.759. The number of aromatic nitrogens is 1. The summed E-state index contributed by atoms with van der Waals surface area (Å²) in [5, 5.41) is 0. The summed E-state index contributed by atoms with van der Waals surface area (Å²) < 4.78 is 52.5. The normalized spacial score (nSPS) is 14.0. The molecule has 1 aliphatic heterocycles. The Bertz CT molecular complexity index is 1040. The van der Waals surface area contributed by atoms with Gasteiger partial charge in [0, 0.05) is 0 Å². The molecule has 148 valence electrons. The van der Waals surface area contributed by atoms with Crippen molar-refractivity contribution >= 4 is 21.4 Å². The van der Waals surface area contributed by atoms with Gasteiger partial charge in [-0.2, -0.15) is 0 Å². The molecule has 28 heavy (non-hydrogen) atoms. The number of nitrogens with two attached hydrogens (primary N) is 1. The minimum absolute atomic E-state index is 0.0516. The van der Waals surface area contributed by atoms with Crippen LogP contribution in [-0.4, -0.2) is 38.9 Å². The summed E-state index contributed by atoms with van der Waals surface area (Å²) >= 11 is 0. The molecule has 1 aromatic carbocycles. The first-order chi connectivity index (χ1) is 13.4. The van der Waals surface area contributed by atoms with Crippen molar-refractivity contribution in [3.63, 3.8) is 0 Å². The van der Waals surface area contributed by atoms with E-state index in [-0.39, 0.29) is 22.9 Å². The number of allylic oxidation sites excluding steroid dienone is 1. The topological polar surface area (TPSA) is 116 Å². The van der Waals surface area contributed by atoms with Crippen LogP contribution >= 0.6 is 0 Å². The lowest BCUT2D eigenvalue weighted by Gasteiger charge is -2.14. The predicted octanol–water partition coefficient (Wildman–Crippen LogP) is 2.07. The molecular weight excluding hydrogens is 387 g/mol. The van der Waals surface area contributed by atoms with Gasteiger partial charge in [0.1, 0.15) is 23.1 Å². The minimum Gasteiger partial charge on any atom is -0.492 e. The fourth-order valence-electron chi connectivity index (χ4n) is 2.61. The Kier molecular flexibility index (Phi) is 5.78. The SMILES string of the molecule is CCOc1ccc(F)cc1S(=O)(=O)Nc1cnc2c(c1)C(C=CN)=NCCO2. The molecule has 0 fully saturated rings. The van der Waals surface area contributed by atoms with Crippen LogP contribution in [-0.2, 0) is 10.0 Å². The average molecular weight is 406 g/mol. The number of nitrogens with zero attached hydrogens (tertiary/aromatic N) is 2. The molecule has 3 rings (SSSR count). The van der Waals surface area contributed by atoms with Crippen molar-refractivity contribution in [2.75, 3.05) is 24.5 Å². The molecule has 2 heterocycles. The third kappa shape index (κ3) is 4.22. The average Bonchev–Trinajstić information content (AvgIpc) is 2.85. The van der Waals surface area contributed by atoms with Crippen LogP contribution < -0.4 is 19.9 Å². The van der Waals surface area contributed by atoms with Gasteiger partial charge in [0.15, 0.2) is 0 Å². The Morgan fingerprint density at radius 3 is 2.96 bits per heavy atom. The van der Waals surface area contributed by atoms with E-state index in [2.05, 4.69) is 14.7 Å². The lowest BCUT2D eigenvalue weighted by atomic mass is 10.1. The number of sulfonamides is 1. The van der Waals surface area contributed by atoms with Crippen LogP contribution in [0.5, 0.6) is 11.6 Å². The Morgan fingerprint density at radius 2 is 2.21 bits per heavy atom. The zero-order valence-corrected chi connectivity index (χ0v) is 15.9. The van der Waals surface area contributed by atoms with E-state index in [1.807, 2.05) is 0 Å². The second kappa shape index (κ2) is 8.26. The maximum Gasteiger partial charge on any atom is 0.265 e. The van der Waals surface area contributed by atoms with Crippen LogP contribution in [0.3, 0.4) is 0 Å². The number of halogens is 1. The standard InChI is InChI=1S/C18H19FN4O4S/c1-2-26-16-4-3-12(19)9-17(16)28(24,25)23-13-10-14-15(5-6-20)21-7-8-27-18(14)22-11-13/h3-6,9-11,23H,2,7-8,20H2,1H3. The first-order valence-electron chi connectivity index (χ1n) is 8.45. The molecule has 8 nitrogen and oxygen atoms in total. The number of hydrogen-bond acceptors (Lipinski definition) is 7. The molecule has 0 amide bonds. The molecule has 2 aromatic rings. The Balaban J connectivity index is 1.99. The highest BCUT2D eigenvalue weighted by atomic mass is 32.2. The number of hydrogen-bond donors (Lipinski definition) is 2. The zero-order valence-electron chi connectivity index (χ0n) is 15.1. The molecule has 0 atom stereocenters. The maximum atomic E-state index is 13.7. The van der Waals surface area contributed by atoms with E-state index in [4.69, 9.17) is 15.2 Å². The number of benzene rings is 1. The van der Waals surface area contributed by atoms with Gasteiger partial charge in [0.25, 0.3) is 10.0 Å². The van der Waals surface area contributed by atoms with Crippen LogP contribution in [0, 0.1) is 5.82 Å². The van der Waals surface area contributed by atoms with Gasteiger partial charge >= 0.3 is 0 Å². The summed E-state index contributed by atoms with van der Waals surface area (Å²) in [5.41, 5.74) is 6.63. The number of pyridine rings is 1. The summed E-state index contributed by atoms with van der Waals surface area (Å²) in [6, 6.07) is 4.83. The van der Waals surface area contributed by atoms with Crippen LogP contribution in [0.1, 0.15) is 12.5 Å². The first-order valence-corrected chi connectivity index (χ1v) is 9.94. The van der Waals surface area contributed by atoms with Crippen molar-refractivity contribution in [3.05, 3.63) is 54.1 Å². The van der Waals surface area contributed by atoms with Gasteiger partial charge in [-0.3, -0.25) is 9.71 Å². The molecule has 0 bridgehead atoms. The molecule has 0 spiro atoms. The summed E-state index contributed by atoms with van der Waals surface area (Å²) in [6.45, 7) is 2.69. The number of aliphatic imine (C=N–C) groups is 1. The molecule has 0 saturated carbocycles. The molecule has 1 aromatic heterocycles. The maximum absolute atomic E-state index is 13.7. The number of ether oxygens (including phenoxy) is 2. The monoisotopic (exact) mass is 406 g/mol. The fourth-order valence-corrected chi connectivity index (χ4v) is 3.80. The number of anilines is 1. The molecule has 0 saturated heterocycles. The lowest BCUT2D eigenvalue weighted by Crippen LogP contribution is -2.16. The van der Waals surface area contributed by atoms with Crippen molar-refractivity contribution in [2.24, 2.45) is 10.7 Å². The van der Waals surface area contributed by atoms with Crippen molar-refractivity contribution in [1.29, 1.82) is 0 Å². The molecule has 0 unspecified atom stereocenters. The molecule has 1 aliphatic rings. The zero-order chi connectivity index (χ0) is 20.1. The largest absolute Gasteiger partial charge is 0.492 e. The van der Waals surface area contributed by atoms with Gasteiger partial charge < -0.3 is 15.2 Å². The summed E-state index contributed by atoms with van der Waals surface area (Å²) in [6.07, 6.45) is 4.21. The van der Waals surface area contributed by atoms with Crippen LogP contribution in [0.15, 0.2) is 52.6 Å². The summed E-state index contributed by atoms with van der Waals surface area (Å²) in [4.78, 5) is 8.18. The van der Waals surface area contributed by atoms with Crippen LogP contribution in [0.25, 0.3) is 0 Å². The summed E-state index contributed by atoms with van der Waals surface area (Å²) in [7, 11) is -4.13. The van der Waals surface area contributed by atoms with Crippen molar-refractivity contribution in [3.8, 4) is 11.6 Å². The molecule has 0 radical (unpaired) electrons. The molecule has 3 N–H and O–H groups in total. The van der Waals surface area contributed by atoms with Gasteiger partial charge in [-0.05, 0) is 43.5 Å². The van der Waals surface area contributed by atoms with Crippen LogP contribution in [0.2, 0.25) is 0 Å². The van der Waals surface area contributed by atoms with Gasteiger partial charge in [0.05, 0.1) is 36.3 Å². The number of fused-ring (bicyclic) bond motifs is 1. The van der Waals surface area contributed by atoms with Crippen molar-refractivity contribution in [1.82, 2.24) is 4.98 Å². The second-order valence-electron chi connectivity index (χ2n) is 5.68. The van der Waals surface area contributed by atoms with E-state index in [0.717, 1.165) is 12.1 Å². The van der Waals surface area contributed by atoms with Gasteiger partial charge in [0.2, 0.25) is 5.88 Å². The van der Waals surface area contributed by atoms with Crippen LogP contribution in [0.4, 0.5) is 10.1 Å². The van der Waals surface area contributed by atoms with E-state index in [9.17, 15) is 12.8 Å². The Hall–Kier alpha value is -3.14. The van der Waals surface area contributed by atoms with Gasteiger partial charge in [-0.1, -0.05) is 0 Å². The number of nitrogens with one attached hydrogen (secondary N) is 1. The van der Waals surface area contributed by atoms with Gasteiger partial charge in [-0.15, -0.1) is 0 Å². The fraction of sp³-hybridized carbons (Fsp3) is 0.222. The Morgan fingerprint density at radius 1 is 1.39 bits per heavy atom. The minimum atomic E-state index is -4.13. The third-order valence-corrected chi connectivity index (χ3v) is 5.14. The second-order valence-corrected chi connectivity index (χ2v) is 7.33. The van der Waals surface area contributed by atoms with E-state index in [0.29, 0.717) is 30.3 Å². The van der Waals surface area contributed by atoms with E-state index >= 15 is 0 Å². The third-order valence-electron chi connectivity index (χ3n) is 3.74. The highest BCUT2D eigenvalue weighted by molar-refractivity contribution is 7.92. The van der Waals surface area contributed by atoms with Crippen molar-refractivity contribution < 1.29 is 22.3 Å². The molecule has 10 heteroatoms.